The van der Waals surface area contributed by atoms with Crippen molar-refractivity contribution in [3.63, 3.8) is 0 Å². The summed E-state index contributed by atoms with van der Waals surface area (Å²) in [6.07, 6.45) is 4.05. The summed E-state index contributed by atoms with van der Waals surface area (Å²) in [4.78, 5) is 25.7. The molecular weight excluding hydrogens is 365 g/mol. The lowest BCUT2D eigenvalue weighted by molar-refractivity contribution is -0.122. The molecule has 2 atom stereocenters. The highest BCUT2D eigenvalue weighted by Gasteiger charge is 2.20. The molecule has 1 aromatic carbocycles. The van der Waals surface area contributed by atoms with Crippen LogP contribution in [0.2, 0.25) is 0 Å². The smallest absolute Gasteiger partial charge is 0.351 e. The number of benzene rings is 1. The average molecular weight is 391 g/mol. The molecule has 1 aromatic heterocycles. The monoisotopic (exact) mass is 391 g/mol. The number of hydrogen-bond acceptors (Lipinski definition) is 6. The van der Waals surface area contributed by atoms with E-state index in [9.17, 15) is 9.59 Å². The first kappa shape index (κ1) is 19.7. The number of aromatic amines is 1. The first-order valence-electron chi connectivity index (χ1n) is 9.19. The number of nitrogens with zero attached hydrogens (tertiary/aromatic N) is 2. The Hall–Kier alpha value is -2.02. The molecule has 0 spiro atoms. The van der Waals surface area contributed by atoms with Crippen LogP contribution in [0, 0.1) is 5.92 Å². The van der Waals surface area contributed by atoms with Crippen molar-refractivity contribution in [3.8, 4) is 11.4 Å². The van der Waals surface area contributed by atoms with E-state index in [0.29, 0.717) is 24.7 Å². The van der Waals surface area contributed by atoms with Crippen molar-refractivity contribution in [1.82, 2.24) is 20.1 Å². The number of nitrogens with one attached hydrogen (secondary N) is 2. The molecule has 0 bridgehead atoms. The van der Waals surface area contributed by atoms with Crippen LogP contribution in [0.5, 0.6) is 0 Å². The quantitative estimate of drug-likeness (QED) is 0.612. The molecule has 2 heterocycles. The zero-order valence-electron chi connectivity index (χ0n) is 15.2. The molecule has 0 saturated carbocycles. The van der Waals surface area contributed by atoms with Gasteiger partial charge >= 0.3 is 5.76 Å². The van der Waals surface area contributed by atoms with Gasteiger partial charge in [0.15, 0.2) is 5.82 Å². The lowest BCUT2D eigenvalue weighted by atomic mass is 9.91. The molecule has 0 radical (unpaired) electrons. The number of amides is 1. The Morgan fingerprint density at radius 1 is 1.37 bits per heavy atom. The normalized spacial score (nSPS) is 17.0. The molecule has 2 unspecified atom stereocenters. The van der Waals surface area contributed by atoms with Gasteiger partial charge in [0.2, 0.25) is 5.91 Å². The molecule has 3 rings (SSSR count). The van der Waals surface area contributed by atoms with Crippen molar-refractivity contribution < 1.29 is 9.32 Å². The van der Waals surface area contributed by atoms with E-state index in [1.807, 2.05) is 24.3 Å². The van der Waals surface area contributed by atoms with Gasteiger partial charge in [-0.05, 0) is 37.2 Å². The van der Waals surface area contributed by atoms with E-state index < -0.39 is 11.8 Å². The summed E-state index contributed by atoms with van der Waals surface area (Å²) in [6, 6.07) is 6.88. The van der Waals surface area contributed by atoms with E-state index in [2.05, 4.69) is 34.0 Å². The van der Waals surface area contributed by atoms with E-state index in [-0.39, 0.29) is 5.91 Å². The Kier molecular flexibility index (Phi) is 6.77. The summed E-state index contributed by atoms with van der Waals surface area (Å²) in [6.45, 7) is 2.59. The molecule has 2 aromatic rings. The number of carbonyl (C=O) groups excluding carboxylic acids is 1. The minimum atomic E-state index is -0.588. The second-order valence-corrected chi connectivity index (χ2v) is 7.75. The van der Waals surface area contributed by atoms with E-state index in [1.165, 1.54) is 12.8 Å². The van der Waals surface area contributed by atoms with Crippen LogP contribution in [0.15, 0.2) is 33.6 Å². The summed E-state index contributed by atoms with van der Waals surface area (Å²) in [5, 5.41) is 6.53. The largest absolute Gasteiger partial charge is 0.439 e. The molecule has 1 aliphatic rings. The Morgan fingerprint density at radius 2 is 2.07 bits per heavy atom. The maximum atomic E-state index is 12.2. The number of nitrogens with two attached hydrogens (primary N) is 1. The molecule has 4 N–H and O–H groups in total. The van der Waals surface area contributed by atoms with Gasteiger partial charge in [-0.3, -0.25) is 19.0 Å². The first-order valence-corrected chi connectivity index (χ1v) is 9.71. The SMILES string of the molecule is NC(CCC1CCN(P)CC1)C(=O)NCc1ccc(-c2noc(=O)[nH]2)cc1. The third-order valence-corrected chi connectivity index (χ3v) is 5.52. The summed E-state index contributed by atoms with van der Waals surface area (Å²) in [5.74, 6) is 0.333. The number of rotatable bonds is 7. The Bertz CT molecular complexity index is 796. The zero-order valence-corrected chi connectivity index (χ0v) is 16.3. The molecule has 146 valence electrons. The predicted molar refractivity (Wildman–Crippen MR) is 106 cm³/mol. The summed E-state index contributed by atoms with van der Waals surface area (Å²) < 4.78 is 6.75. The lowest BCUT2D eigenvalue weighted by Gasteiger charge is -2.29. The third kappa shape index (κ3) is 5.73. The van der Waals surface area contributed by atoms with Crippen molar-refractivity contribution in [2.75, 3.05) is 13.1 Å². The van der Waals surface area contributed by atoms with Crippen molar-refractivity contribution in [1.29, 1.82) is 0 Å². The molecule has 27 heavy (non-hydrogen) atoms. The van der Waals surface area contributed by atoms with E-state index in [4.69, 9.17) is 5.73 Å². The number of H-pyrrole nitrogens is 1. The number of carbonyl (C=O) groups is 1. The standard InChI is InChI=1S/C18H26N5O3P/c19-15(6-3-12-7-9-23(27)10-8-12)17(24)20-11-13-1-4-14(5-2-13)16-21-18(25)26-22-16/h1-2,4-5,12,15H,3,6-11,19,27H2,(H,20,24)(H,21,22,25). The van der Waals surface area contributed by atoms with E-state index in [1.54, 1.807) is 0 Å². The summed E-state index contributed by atoms with van der Waals surface area (Å²) in [7, 11) is 2.75. The minimum absolute atomic E-state index is 0.122. The van der Waals surface area contributed by atoms with Crippen LogP contribution in [-0.4, -0.2) is 39.8 Å². The minimum Gasteiger partial charge on any atom is -0.351 e. The molecule has 1 amide bonds. The Balaban J connectivity index is 1.42. The van der Waals surface area contributed by atoms with Crippen LogP contribution in [-0.2, 0) is 11.3 Å². The average Bonchev–Trinajstić information content (AvgIpc) is 3.12. The fourth-order valence-electron chi connectivity index (χ4n) is 3.24. The summed E-state index contributed by atoms with van der Waals surface area (Å²) in [5.41, 5.74) is 7.73. The zero-order chi connectivity index (χ0) is 19.2. The van der Waals surface area contributed by atoms with Crippen LogP contribution in [0.1, 0.15) is 31.2 Å². The number of hydrogen-bond donors (Lipinski definition) is 3. The van der Waals surface area contributed by atoms with Crippen LogP contribution in [0.25, 0.3) is 11.4 Å². The fourth-order valence-corrected chi connectivity index (χ4v) is 3.54. The molecule has 1 aliphatic heterocycles. The van der Waals surface area contributed by atoms with Crippen molar-refractivity contribution in [2.45, 2.75) is 38.3 Å². The van der Waals surface area contributed by atoms with Crippen molar-refractivity contribution >= 4 is 15.3 Å². The van der Waals surface area contributed by atoms with Gasteiger partial charge in [-0.1, -0.05) is 38.8 Å². The van der Waals surface area contributed by atoms with E-state index in [0.717, 1.165) is 30.6 Å². The van der Waals surface area contributed by atoms with E-state index >= 15 is 0 Å². The second-order valence-electron chi connectivity index (χ2n) is 7.02. The van der Waals surface area contributed by atoms with Gasteiger partial charge in [0.05, 0.1) is 6.04 Å². The molecule has 0 aliphatic carbocycles. The maximum absolute atomic E-state index is 12.2. The van der Waals surface area contributed by atoms with Gasteiger partial charge in [0.25, 0.3) is 0 Å². The van der Waals surface area contributed by atoms with Crippen LogP contribution >= 0.6 is 9.39 Å². The van der Waals surface area contributed by atoms with Gasteiger partial charge in [-0.15, -0.1) is 0 Å². The Morgan fingerprint density at radius 3 is 2.70 bits per heavy atom. The third-order valence-electron chi connectivity index (χ3n) is 5.01. The number of aromatic nitrogens is 2. The highest BCUT2D eigenvalue weighted by molar-refractivity contribution is 7.13. The lowest BCUT2D eigenvalue weighted by Crippen LogP contribution is -2.40. The van der Waals surface area contributed by atoms with Crippen molar-refractivity contribution in [2.24, 2.45) is 11.7 Å². The number of piperidine rings is 1. The van der Waals surface area contributed by atoms with Crippen LogP contribution in [0.4, 0.5) is 0 Å². The molecule has 8 nitrogen and oxygen atoms in total. The molecule has 9 heteroatoms. The summed E-state index contributed by atoms with van der Waals surface area (Å²) >= 11 is 0. The van der Waals surface area contributed by atoms with Crippen molar-refractivity contribution in [3.05, 3.63) is 40.4 Å². The second kappa shape index (κ2) is 9.26. The van der Waals surface area contributed by atoms with Gasteiger partial charge in [0.1, 0.15) is 0 Å². The maximum Gasteiger partial charge on any atom is 0.439 e. The van der Waals surface area contributed by atoms with Gasteiger partial charge < -0.3 is 11.1 Å². The van der Waals surface area contributed by atoms with Gasteiger partial charge in [0, 0.05) is 25.2 Å². The van der Waals surface area contributed by atoms with Gasteiger partial charge in [-0.2, -0.15) is 0 Å². The fraction of sp³-hybridized carbons (Fsp3) is 0.500. The highest BCUT2D eigenvalue weighted by Crippen LogP contribution is 2.24. The molecule has 1 fully saturated rings. The highest BCUT2D eigenvalue weighted by atomic mass is 31.0. The molecular formula is C18H26N5O3P. The van der Waals surface area contributed by atoms with Crippen LogP contribution < -0.4 is 16.8 Å². The topological polar surface area (TPSA) is 117 Å². The molecule has 1 saturated heterocycles. The van der Waals surface area contributed by atoms with Crippen LogP contribution in [0.3, 0.4) is 0 Å². The predicted octanol–water partition coefficient (Wildman–Crippen LogP) is 1.26. The Labute approximate surface area is 160 Å². The first-order chi connectivity index (χ1) is 13.0. The van der Waals surface area contributed by atoms with Gasteiger partial charge in [-0.25, -0.2) is 4.79 Å².